The largest absolute Gasteiger partial charge is 0.497 e. The van der Waals surface area contributed by atoms with Crippen LogP contribution in [0.25, 0.3) is 5.69 Å². The van der Waals surface area contributed by atoms with Crippen LogP contribution >= 0.6 is 0 Å². The van der Waals surface area contributed by atoms with Crippen LogP contribution < -0.4 is 15.0 Å². The maximum absolute atomic E-state index is 11.7. The topological polar surface area (TPSA) is 40.5 Å². The Morgan fingerprint density at radius 2 is 1.47 bits per heavy atom. The minimum Gasteiger partial charge on any atom is -0.497 e. The van der Waals surface area contributed by atoms with Crippen molar-refractivity contribution in [1.82, 2.24) is 4.57 Å². The number of hydrogen-bond donors (Lipinski definition) is 0. The average Bonchev–Trinajstić information content (AvgIpc) is 2.39. The third-order valence-corrected chi connectivity index (χ3v) is 2.47. The number of benzene rings is 1. The summed E-state index contributed by atoms with van der Waals surface area (Å²) >= 11 is 0. The molecule has 0 fully saturated rings. The van der Waals surface area contributed by atoms with Gasteiger partial charge < -0.3 is 9.47 Å². The second kappa shape index (κ2) is 4.74. The molecule has 1 aromatic carbocycles. The summed E-state index contributed by atoms with van der Waals surface area (Å²) in [7, 11) is 3.17. The van der Waals surface area contributed by atoms with Crippen molar-refractivity contribution in [3.05, 3.63) is 52.9 Å². The predicted molar refractivity (Wildman–Crippen MR) is 65.1 cm³/mol. The van der Waals surface area contributed by atoms with E-state index in [4.69, 9.17) is 9.47 Å². The maximum atomic E-state index is 11.7. The highest BCUT2D eigenvalue weighted by Crippen LogP contribution is 2.15. The van der Waals surface area contributed by atoms with Gasteiger partial charge >= 0.3 is 0 Å². The van der Waals surface area contributed by atoms with Crippen LogP contribution in [0.3, 0.4) is 0 Å². The van der Waals surface area contributed by atoms with Gasteiger partial charge in [0.05, 0.1) is 20.4 Å². The molecule has 2 aromatic rings. The second-order valence-electron chi connectivity index (χ2n) is 3.48. The lowest BCUT2D eigenvalue weighted by atomic mass is 10.3. The molecule has 4 nitrogen and oxygen atoms in total. The fraction of sp³-hybridized carbons (Fsp3) is 0.154. The van der Waals surface area contributed by atoms with Crippen LogP contribution in [0.1, 0.15) is 0 Å². The molecule has 88 valence electrons. The third kappa shape index (κ3) is 2.30. The molecule has 0 bridgehead atoms. The molecule has 0 N–H and O–H groups in total. The van der Waals surface area contributed by atoms with E-state index in [0.717, 1.165) is 11.4 Å². The molecule has 0 unspecified atom stereocenters. The SMILES string of the molecule is COc1ccc(-n2cc(OC)ccc2=O)cc1. The molecule has 0 amide bonds. The lowest BCUT2D eigenvalue weighted by molar-refractivity contribution is 0.411. The Hall–Kier alpha value is -2.23. The lowest BCUT2D eigenvalue weighted by Crippen LogP contribution is -2.16. The van der Waals surface area contributed by atoms with Gasteiger partial charge in [-0.1, -0.05) is 0 Å². The van der Waals surface area contributed by atoms with E-state index in [1.165, 1.54) is 10.6 Å². The molecule has 0 aliphatic carbocycles. The standard InChI is InChI=1S/C13H13NO3/c1-16-11-5-3-10(4-6-11)14-9-12(17-2)7-8-13(14)15/h3-9H,1-2H3. The van der Waals surface area contributed by atoms with E-state index in [1.807, 2.05) is 12.1 Å². The zero-order chi connectivity index (χ0) is 12.3. The van der Waals surface area contributed by atoms with Gasteiger partial charge in [0.25, 0.3) is 5.56 Å². The van der Waals surface area contributed by atoms with Crippen molar-refractivity contribution < 1.29 is 9.47 Å². The Morgan fingerprint density at radius 3 is 2.06 bits per heavy atom. The van der Waals surface area contributed by atoms with Crippen molar-refractivity contribution in [3.8, 4) is 17.2 Å². The van der Waals surface area contributed by atoms with Gasteiger partial charge in [0.2, 0.25) is 0 Å². The summed E-state index contributed by atoms with van der Waals surface area (Å²) in [5, 5.41) is 0. The normalized spacial score (nSPS) is 10.0. The lowest BCUT2D eigenvalue weighted by Gasteiger charge is -2.08. The minimum atomic E-state index is -0.101. The van der Waals surface area contributed by atoms with E-state index in [9.17, 15) is 4.79 Å². The number of hydrogen-bond acceptors (Lipinski definition) is 3. The van der Waals surface area contributed by atoms with Crippen molar-refractivity contribution in [3.63, 3.8) is 0 Å². The summed E-state index contributed by atoms with van der Waals surface area (Å²) in [6, 6.07) is 10.4. The zero-order valence-electron chi connectivity index (χ0n) is 9.71. The Balaban J connectivity index is 2.47. The third-order valence-electron chi connectivity index (χ3n) is 2.47. The van der Waals surface area contributed by atoms with Crippen molar-refractivity contribution in [2.24, 2.45) is 0 Å². The van der Waals surface area contributed by atoms with E-state index in [0.29, 0.717) is 5.75 Å². The minimum absolute atomic E-state index is 0.101. The highest BCUT2D eigenvalue weighted by Gasteiger charge is 2.01. The molecule has 0 saturated carbocycles. The van der Waals surface area contributed by atoms with Crippen LogP contribution in [0.4, 0.5) is 0 Å². The van der Waals surface area contributed by atoms with E-state index < -0.39 is 0 Å². The summed E-state index contributed by atoms with van der Waals surface area (Å²) in [5.74, 6) is 1.39. The summed E-state index contributed by atoms with van der Waals surface area (Å²) in [6.45, 7) is 0. The predicted octanol–water partition coefficient (Wildman–Crippen LogP) is 1.85. The number of ether oxygens (including phenoxy) is 2. The second-order valence-corrected chi connectivity index (χ2v) is 3.48. The Bertz CT molecular complexity index is 558. The van der Waals surface area contributed by atoms with Gasteiger partial charge in [0.15, 0.2) is 0 Å². The van der Waals surface area contributed by atoms with Crippen molar-refractivity contribution in [2.75, 3.05) is 14.2 Å². The molecule has 0 aliphatic rings. The van der Waals surface area contributed by atoms with Gasteiger partial charge in [0, 0.05) is 11.8 Å². The van der Waals surface area contributed by atoms with E-state index >= 15 is 0 Å². The first-order chi connectivity index (χ1) is 8.24. The zero-order valence-corrected chi connectivity index (χ0v) is 9.71. The van der Waals surface area contributed by atoms with Crippen LogP contribution in [-0.4, -0.2) is 18.8 Å². The monoisotopic (exact) mass is 231 g/mol. The molecule has 4 heteroatoms. The maximum Gasteiger partial charge on any atom is 0.255 e. The molecular formula is C13H13NO3. The molecule has 0 saturated heterocycles. The first-order valence-corrected chi connectivity index (χ1v) is 5.16. The molecule has 0 atom stereocenters. The van der Waals surface area contributed by atoms with Crippen LogP contribution in [0, 0.1) is 0 Å². The van der Waals surface area contributed by atoms with Crippen LogP contribution in [0.5, 0.6) is 11.5 Å². The fourth-order valence-electron chi connectivity index (χ4n) is 1.53. The summed E-state index contributed by atoms with van der Waals surface area (Å²) < 4.78 is 11.7. The molecular weight excluding hydrogens is 218 g/mol. The number of rotatable bonds is 3. The first kappa shape index (κ1) is 11.3. The van der Waals surface area contributed by atoms with Crippen molar-refractivity contribution in [1.29, 1.82) is 0 Å². The molecule has 0 aliphatic heterocycles. The Labute approximate surface area is 99.0 Å². The Morgan fingerprint density at radius 1 is 0.882 bits per heavy atom. The number of nitrogens with zero attached hydrogens (tertiary/aromatic N) is 1. The van der Waals surface area contributed by atoms with Crippen molar-refractivity contribution >= 4 is 0 Å². The van der Waals surface area contributed by atoms with Crippen molar-refractivity contribution in [2.45, 2.75) is 0 Å². The van der Waals surface area contributed by atoms with Crippen LogP contribution in [0.2, 0.25) is 0 Å². The highest BCUT2D eigenvalue weighted by molar-refractivity contribution is 5.38. The van der Waals surface area contributed by atoms with E-state index in [2.05, 4.69) is 0 Å². The average molecular weight is 231 g/mol. The number of aromatic nitrogens is 1. The number of pyridine rings is 1. The fourth-order valence-corrected chi connectivity index (χ4v) is 1.53. The summed E-state index contributed by atoms with van der Waals surface area (Å²) in [5.41, 5.74) is 0.672. The molecule has 2 rings (SSSR count). The smallest absolute Gasteiger partial charge is 0.255 e. The molecule has 1 aromatic heterocycles. The van der Waals surface area contributed by atoms with Gasteiger partial charge in [-0.25, -0.2) is 0 Å². The van der Waals surface area contributed by atoms with Gasteiger partial charge in [-0.05, 0) is 30.3 Å². The summed E-state index contributed by atoms with van der Waals surface area (Å²) in [4.78, 5) is 11.7. The van der Waals surface area contributed by atoms with Gasteiger partial charge in [-0.2, -0.15) is 0 Å². The molecule has 1 heterocycles. The quantitative estimate of drug-likeness (QED) is 0.809. The molecule has 0 spiro atoms. The Kier molecular flexibility index (Phi) is 3.14. The van der Waals surface area contributed by atoms with E-state index in [-0.39, 0.29) is 5.56 Å². The van der Waals surface area contributed by atoms with Gasteiger partial charge in [0.1, 0.15) is 11.5 Å². The summed E-state index contributed by atoms with van der Waals surface area (Å²) in [6.07, 6.45) is 1.66. The molecule has 17 heavy (non-hydrogen) atoms. The van der Waals surface area contributed by atoms with Crippen LogP contribution in [-0.2, 0) is 0 Å². The van der Waals surface area contributed by atoms with E-state index in [1.54, 1.807) is 38.6 Å². The highest BCUT2D eigenvalue weighted by atomic mass is 16.5. The molecule has 0 radical (unpaired) electrons. The van der Waals surface area contributed by atoms with Gasteiger partial charge in [-0.3, -0.25) is 9.36 Å². The number of methoxy groups -OCH3 is 2. The first-order valence-electron chi connectivity index (χ1n) is 5.16. The van der Waals surface area contributed by atoms with Gasteiger partial charge in [-0.15, -0.1) is 0 Å². The van der Waals surface area contributed by atoms with Crippen LogP contribution in [0.15, 0.2) is 47.4 Å².